The summed E-state index contributed by atoms with van der Waals surface area (Å²) in [7, 11) is -3.26. The van der Waals surface area contributed by atoms with E-state index in [-0.39, 0.29) is 42.8 Å². The van der Waals surface area contributed by atoms with Crippen molar-refractivity contribution in [3.05, 3.63) is 0 Å². The zero-order valence-corrected chi connectivity index (χ0v) is 11.7. The van der Waals surface area contributed by atoms with Gasteiger partial charge in [-0.1, -0.05) is 0 Å². The standard InChI is InChI=1S/C11H20N2O5S/c1-8(12)2-3-10(14)13-4-5-19(17,18)7-9(13)6-11(15)16/h8-9H,2-7,12H2,1H3,(H,15,16). The number of nitrogens with two attached hydrogens (primary N) is 1. The van der Waals surface area contributed by atoms with E-state index in [1.807, 2.05) is 0 Å². The summed E-state index contributed by atoms with van der Waals surface area (Å²) >= 11 is 0. The van der Waals surface area contributed by atoms with Crippen LogP contribution in [-0.2, 0) is 19.4 Å². The van der Waals surface area contributed by atoms with Crippen molar-refractivity contribution in [2.24, 2.45) is 5.73 Å². The lowest BCUT2D eigenvalue weighted by Crippen LogP contribution is -2.52. The molecule has 0 aromatic heterocycles. The maximum Gasteiger partial charge on any atom is 0.305 e. The second kappa shape index (κ2) is 6.33. The average molecular weight is 292 g/mol. The summed E-state index contributed by atoms with van der Waals surface area (Å²) in [5.74, 6) is -1.71. The smallest absolute Gasteiger partial charge is 0.305 e. The molecule has 3 N–H and O–H groups in total. The van der Waals surface area contributed by atoms with Crippen LogP contribution in [0.25, 0.3) is 0 Å². The summed E-state index contributed by atoms with van der Waals surface area (Å²) in [5, 5.41) is 8.80. The number of sulfone groups is 1. The third kappa shape index (κ3) is 5.15. The Kier molecular flexibility index (Phi) is 5.30. The normalized spacial score (nSPS) is 23.9. The van der Waals surface area contributed by atoms with E-state index in [1.165, 1.54) is 4.90 Å². The van der Waals surface area contributed by atoms with Crippen LogP contribution >= 0.6 is 0 Å². The number of carboxylic acids is 1. The molecule has 1 heterocycles. The van der Waals surface area contributed by atoms with Gasteiger partial charge in [-0.05, 0) is 13.3 Å². The monoisotopic (exact) mass is 292 g/mol. The van der Waals surface area contributed by atoms with Gasteiger partial charge >= 0.3 is 5.97 Å². The predicted octanol–water partition coefficient (Wildman–Crippen LogP) is -0.786. The molecule has 1 amide bonds. The zero-order chi connectivity index (χ0) is 14.6. The molecular weight excluding hydrogens is 272 g/mol. The zero-order valence-electron chi connectivity index (χ0n) is 10.9. The highest BCUT2D eigenvalue weighted by molar-refractivity contribution is 7.91. The Morgan fingerprint density at radius 2 is 2.11 bits per heavy atom. The van der Waals surface area contributed by atoms with Crippen molar-refractivity contribution in [3.8, 4) is 0 Å². The van der Waals surface area contributed by atoms with E-state index in [4.69, 9.17) is 10.8 Å². The van der Waals surface area contributed by atoms with Crippen LogP contribution in [0, 0.1) is 0 Å². The summed E-state index contributed by atoms with van der Waals surface area (Å²) in [4.78, 5) is 24.1. The lowest BCUT2D eigenvalue weighted by Gasteiger charge is -2.34. The molecule has 1 aliphatic rings. The van der Waals surface area contributed by atoms with E-state index in [0.29, 0.717) is 6.42 Å². The van der Waals surface area contributed by atoms with Crippen LogP contribution in [0.15, 0.2) is 0 Å². The van der Waals surface area contributed by atoms with E-state index in [1.54, 1.807) is 6.92 Å². The number of nitrogens with zero attached hydrogens (tertiary/aromatic N) is 1. The second-order valence-corrected chi connectivity index (χ2v) is 7.20. The van der Waals surface area contributed by atoms with Crippen LogP contribution in [0.1, 0.15) is 26.2 Å². The molecule has 0 spiro atoms. The SMILES string of the molecule is CC(N)CCC(=O)N1CCS(=O)(=O)CC1CC(=O)O. The fraction of sp³-hybridized carbons (Fsp3) is 0.818. The van der Waals surface area contributed by atoms with Crippen LogP contribution in [0.2, 0.25) is 0 Å². The summed E-state index contributed by atoms with van der Waals surface area (Å²) in [6.07, 6.45) is 0.374. The van der Waals surface area contributed by atoms with E-state index in [0.717, 1.165) is 0 Å². The Morgan fingerprint density at radius 3 is 2.63 bits per heavy atom. The maximum atomic E-state index is 12.0. The number of rotatable bonds is 5. The van der Waals surface area contributed by atoms with Gasteiger partial charge in [0.2, 0.25) is 5.91 Å². The van der Waals surface area contributed by atoms with Crippen LogP contribution < -0.4 is 5.73 Å². The minimum absolute atomic E-state index is 0.0675. The number of carbonyl (C=O) groups excluding carboxylic acids is 1. The number of hydrogen-bond donors (Lipinski definition) is 2. The molecule has 0 aromatic carbocycles. The number of carboxylic acid groups (broad SMARTS) is 1. The van der Waals surface area contributed by atoms with Gasteiger partial charge < -0.3 is 15.7 Å². The van der Waals surface area contributed by atoms with Crippen LogP contribution in [0.4, 0.5) is 0 Å². The van der Waals surface area contributed by atoms with Crippen molar-refractivity contribution in [2.75, 3.05) is 18.1 Å². The van der Waals surface area contributed by atoms with Crippen molar-refractivity contribution in [1.29, 1.82) is 0 Å². The van der Waals surface area contributed by atoms with Gasteiger partial charge in [-0.25, -0.2) is 8.42 Å². The molecule has 0 aromatic rings. The highest BCUT2D eigenvalue weighted by Crippen LogP contribution is 2.17. The molecule has 0 aliphatic carbocycles. The highest BCUT2D eigenvalue weighted by atomic mass is 32.2. The van der Waals surface area contributed by atoms with Crippen molar-refractivity contribution < 1.29 is 23.1 Å². The molecule has 8 heteroatoms. The van der Waals surface area contributed by atoms with Crippen LogP contribution in [-0.4, -0.2) is 60.4 Å². The Hall–Kier alpha value is -1.15. The summed E-state index contributed by atoms with van der Waals surface area (Å²) in [5.41, 5.74) is 5.57. The van der Waals surface area contributed by atoms with Gasteiger partial charge in [-0.2, -0.15) is 0 Å². The topological polar surface area (TPSA) is 118 Å². The average Bonchev–Trinajstić information content (AvgIpc) is 2.24. The molecular formula is C11H20N2O5S. The van der Waals surface area contributed by atoms with Crippen LogP contribution in [0.3, 0.4) is 0 Å². The summed E-state index contributed by atoms with van der Waals surface area (Å²) < 4.78 is 23.1. The molecule has 1 fully saturated rings. The largest absolute Gasteiger partial charge is 0.481 e. The first-order valence-electron chi connectivity index (χ1n) is 6.18. The molecule has 2 atom stereocenters. The van der Waals surface area contributed by atoms with Crippen molar-refractivity contribution in [2.45, 2.75) is 38.3 Å². The van der Waals surface area contributed by atoms with Crippen molar-refractivity contribution in [1.82, 2.24) is 4.90 Å². The molecule has 1 saturated heterocycles. The van der Waals surface area contributed by atoms with Crippen LogP contribution in [0.5, 0.6) is 0 Å². The second-order valence-electron chi connectivity index (χ2n) is 4.97. The first-order valence-corrected chi connectivity index (χ1v) is 8.00. The maximum absolute atomic E-state index is 12.0. The Bertz CT molecular complexity index is 446. The predicted molar refractivity (Wildman–Crippen MR) is 69.3 cm³/mol. The number of carbonyl (C=O) groups is 2. The molecule has 2 unspecified atom stereocenters. The molecule has 7 nitrogen and oxygen atoms in total. The molecule has 1 aliphatic heterocycles. The molecule has 0 radical (unpaired) electrons. The summed E-state index contributed by atoms with van der Waals surface area (Å²) in [6, 6.07) is -0.882. The summed E-state index contributed by atoms with van der Waals surface area (Å²) in [6.45, 7) is 1.85. The quantitative estimate of drug-likeness (QED) is 0.686. The number of hydrogen-bond acceptors (Lipinski definition) is 5. The first-order chi connectivity index (χ1) is 8.71. The molecule has 0 bridgehead atoms. The number of amides is 1. The Balaban J connectivity index is 2.73. The minimum atomic E-state index is -3.26. The molecule has 110 valence electrons. The Morgan fingerprint density at radius 1 is 1.47 bits per heavy atom. The fourth-order valence-corrected chi connectivity index (χ4v) is 3.61. The van der Waals surface area contributed by atoms with Gasteiger partial charge in [0.15, 0.2) is 9.84 Å². The molecule has 1 rings (SSSR count). The van der Waals surface area contributed by atoms with E-state index in [9.17, 15) is 18.0 Å². The molecule has 0 saturated carbocycles. The first kappa shape index (κ1) is 15.9. The van der Waals surface area contributed by atoms with Gasteiger partial charge in [0, 0.05) is 19.0 Å². The lowest BCUT2D eigenvalue weighted by molar-refractivity contribution is -0.140. The third-order valence-electron chi connectivity index (χ3n) is 3.07. The fourth-order valence-electron chi connectivity index (χ4n) is 2.08. The number of aliphatic carboxylic acids is 1. The van der Waals surface area contributed by atoms with E-state index >= 15 is 0 Å². The van der Waals surface area contributed by atoms with Gasteiger partial charge in [-0.15, -0.1) is 0 Å². The third-order valence-corrected chi connectivity index (χ3v) is 4.77. The highest BCUT2D eigenvalue weighted by Gasteiger charge is 2.34. The van der Waals surface area contributed by atoms with Gasteiger partial charge in [0.25, 0.3) is 0 Å². The minimum Gasteiger partial charge on any atom is -0.481 e. The van der Waals surface area contributed by atoms with E-state index < -0.39 is 21.8 Å². The molecule has 19 heavy (non-hydrogen) atoms. The lowest BCUT2D eigenvalue weighted by atomic mass is 10.1. The Labute approximate surface area is 112 Å². The van der Waals surface area contributed by atoms with Gasteiger partial charge in [-0.3, -0.25) is 9.59 Å². The van der Waals surface area contributed by atoms with Gasteiger partial charge in [0.1, 0.15) is 0 Å². The van der Waals surface area contributed by atoms with Crippen molar-refractivity contribution >= 4 is 21.7 Å². The van der Waals surface area contributed by atoms with Crippen molar-refractivity contribution in [3.63, 3.8) is 0 Å². The van der Waals surface area contributed by atoms with E-state index in [2.05, 4.69) is 0 Å². The van der Waals surface area contributed by atoms with Gasteiger partial charge in [0.05, 0.1) is 24.0 Å².